The molecule has 0 atom stereocenters. The zero-order chi connectivity index (χ0) is 11.6. The van der Waals surface area contributed by atoms with Gasteiger partial charge in [0, 0.05) is 33.0 Å². The lowest BCUT2D eigenvalue weighted by Gasteiger charge is -2.33. The first kappa shape index (κ1) is 11.1. The predicted octanol–water partition coefficient (Wildman–Crippen LogP) is 2.36. The number of nitrogens with zero attached hydrogens (tertiary/aromatic N) is 2. The highest BCUT2D eigenvalue weighted by molar-refractivity contribution is 5.49. The Labute approximate surface area is 93.5 Å². The van der Waals surface area contributed by atoms with E-state index in [0.29, 0.717) is 13.1 Å². The van der Waals surface area contributed by atoms with Crippen LogP contribution in [0.3, 0.4) is 0 Å². The number of hydrogen-bond donors (Lipinski definition) is 1. The van der Waals surface area contributed by atoms with E-state index in [2.05, 4.69) is 10.3 Å². The minimum atomic E-state index is -2.49. The standard InChI is InChI=1S/C11H15F2N3/c1-14-10-3-2-9(8-15-10)16-6-4-11(12,13)5-7-16/h2-3,8H,4-7H2,1H3,(H,14,15). The number of alkyl halides is 2. The Morgan fingerprint density at radius 1 is 1.31 bits per heavy atom. The first-order valence-corrected chi connectivity index (χ1v) is 5.37. The quantitative estimate of drug-likeness (QED) is 0.840. The van der Waals surface area contributed by atoms with Crippen molar-refractivity contribution in [2.24, 2.45) is 0 Å². The zero-order valence-electron chi connectivity index (χ0n) is 9.21. The number of rotatable bonds is 2. The molecule has 1 aliphatic heterocycles. The second-order valence-electron chi connectivity index (χ2n) is 3.99. The maximum Gasteiger partial charge on any atom is 0.251 e. The van der Waals surface area contributed by atoms with Crippen molar-refractivity contribution in [3.05, 3.63) is 18.3 Å². The van der Waals surface area contributed by atoms with Gasteiger partial charge in [-0.1, -0.05) is 0 Å². The Morgan fingerprint density at radius 3 is 2.50 bits per heavy atom. The molecule has 1 aromatic heterocycles. The van der Waals surface area contributed by atoms with Gasteiger partial charge in [0.15, 0.2) is 0 Å². The summed E-state index contributed by atoms with van der Waals surface area (Å²) < 4.78 is 25.9. The molecule has 0 spiro atoms. The van der Waals surface area contributed by atoms with Crippen LogP contribution in [0.5, 0.6) is 0 Å². The summed E-state index contributed by atoms with van der Waals surface area (Å²) in [4.78, 5) is 6.12. The van der Waals surface area contributed by atoms with Gasteiger partial charge in [-0.05, 0) is 12.1 Å². The van der Waals surface area contributed by atoms with Gasteiger partial charge in [0.1, 0.15) is 5.82 Å². The van der Waals surface area contributed by atoms with Gasteiger partial charge < -0.3 is 10.2 Å². The maximum absolute atomic E-state index is 13.0. The first-order chi connectivity index (χ1) is 7.61. The highest BCUT2D eigenvalue weighted by Gasteiger charge is 2.33. The van der Waals surface area contributed by atoms with Crippen molar-refractivity contribution < 1.29 is 8.78 Å². The first-order valence-electron chi connectivity index (χ1n) is 5.37. The van der Waals surface area contributed by atoms with Crippen LogP contribution in [0.25, 0.3) is 0 Å². The molecule has 0 saturated carbocycles. The van der Waals surface area contributed by atoms with Crippen molar-refractivity contribution >= 4 is 11.5 Å². The molecule has 0 bridgehead atoms. The van der Waals surface area contributed by atoms with Crippen molar-refractivity contribution in [1.29, 1.82) is 0 Å². The van der Waals surface area contributed by atoms with Gasteiger partial charge in [0.2, 0.25) is 0 Å². The largest absolute Gasteiger partial charge is 0.373 e. The van der Waals surface area contributed by atoms with Crippen molar-refractivity contribution in [2.45, 2.75) is 18.8 Å². The lowest BCUT2D eigenvalue weighted by atomic mass is 10.1. The fourth-order valence-corrected chi connectivity index (χ4v) is 1.81. The molecule has 2 rings (SSSR count). The lowest BCUT2D eigenvalue weighted by molar-refractivity contribution is -0.0220. The molecule has 1 aromatic rings. The number of halogens is 2. The lowest BCUT2D eigenvalue weighted by Crippen LogP contribution is -2.39. The molecule has 0 aliphatic carbocycles. The molecule has 5 heteroatoms. The molecule has 88 valence electrons. The Hall–Kier alpha value is -1.39. The van der Waals surface area contributed by atoms with Gasteiger partial charge in [-0.15, -0.1) is 0 Å². The molecule has 0 amide bonds. The fourth-order valence-electron chi connectivity index (χ4n) is 1.81. The zero-order valence-corrected chi connectivity index (χ0v) is 9.21. The van der Waals surface area contributed by atoms with Crippen LogP contribution in [0.1, 0.15) is 12.8 Å². The van der Waals surface area contributed by atoms with Crippen molar-refractivity contribution in [2.75, 3.05) is 30.4 Å². The van der Waals surface area contributed by atoms with Gasteiger partial charge in [-0.25, -0.2) is 13.8 Å². The Bertz CT molecular complexity index is 341. The highest BCUT2D eigenvalue weighted by Crippen LogP contribution is 2.30. The summed E-state index contributed by atoms with van der Waals surface area (Å²) in [5.74, 6) is -1.71. The van der Waals surface area contributed by atoms with Gasteiger partial charge in [0.05, 0.1) is 11.9 Å². The van der Waals surface area contributed by atoms with Gasteiger partial charge in [-0.3, -0.25) is 0 Å². The molecule has 2 heterocycles. The average Bonchev–Trinajstić information content (AvgIpc) is 2.29. The molecule has 1 saturated heterocycles. The minimum absolute atomic E-state index is 0.0687. The third-order valence-electron chi connectivity index (χ3n) is 2.86. The Kier molecular flexibility index (Phi) is 2.94. The van der Waals surface area contributed by atoms with Gasteiger partial charge in [0.25, 0.3) is 5.92 Å². The van der Waals surface area contributed by atoms with Crippen molar-refractivity contribution in [1.82, 2.24) is 4.98 Å². The molecular formula is C11H15F2N3. The summed E-state index contributed by atoms with van der Waals surface area (Å²) in [6.07, 6.45) is 1.58. The summed E-state index contributed by atoms with van der Waals surface area (Å²) in [7, 11) is 1.80. The van der Waals surface area contributed by atoms with Crippen LogP contribution in [0, 0.1) is 0 Å². The van der Waals surface area contributed by atoms with E-state index < -0.39 is 5.92 Å². The van der Waals surface area contributed by atoms with E-state index in [-0.39, 0.29) is 12.8 Å². The third kappa shape index (κ3) is 2.40. The Balaban J connectivity index is 2.03. The van der Waals surface area contributed by atoms with Crippen LogP contribution in [0.15, 0.2) is 18.3 Å². The number of nitrogens with one attached hydrogen (secondary N) is 1. The molecular weight excluding hydrogens is 212 g/mol. The van der Waals surface area contributed by atoms with E-state index in [4.69, 9.17) is 0 Å². The second kappa shape index (κ2) is 4.23. The number of pyridine rings is 1. The topological polar surface area (TPSA) is 28.2 Å². The van der Waals surface area contributed by atoms with E-state index >= 15 is 0 Å². The van der Waals surface area contributed by atoms with Gasteiger partial charge in [-0.2, -0.15) is 0 Å². The van der Waals surface area contributed by atoms with Crippen molar-refractivity contribution in [3.8, 4) is 0 Å². The van der Waals surface area contributed by atoms with Crippen molar-refractivity contribution in [3.63, 3.8) is 0 Å². The summed E-state index contributed by atoms with van der Waals surface area (Å²) in [6.45, 7) is 0.793. The van der Waals surface area contributed by atoms with E-state index in [1.54, 1.807) is 13.2 Å². The Morgan fingerprint density at radius 2 is 2.00 bits per heavy atom. The van der Waals surface area contributed by atoms with E-state index in [0.717, 1.165) is 11.5 Å². The van der Waals surface area contributed by atoms with Crippen LogP contribution >= 0.6 is 0 Å². The monoisotopic (exact) mass is 227 g/mol. The number of aromatic nitrogens is 1. The number of anilines is 2. The van der Waals surface area contributed by atoms with Crippen LogP contribution in [-0.4, -0.2) is 31.0 Å². The van der Waals surface area contributed by atoms with Crippen LogP contribution < -0.4 is 10.2 Å². The molecule has 1 aliphatic rings. The molecule has 1 fully saturated rings. The predicted molar refractivity (Wildman–Crippen MR) is 60.2 cm³/mol. The summed E-state index contributed by atoms with van der Waals surface area (Å²) in [5, 5.41) is 2.92. The van der Waals surface area contributed by atoms with Gasteiger partial charge >= 0.3 is 0 Å². The highest BCUT2D eigenvalue weighted by atomic mass is 19.3. The van der Waals surface area contributed by atoms with Crippen LogP contribution in [-0.2, 0) is 0 Å². The molecule has 0 radical (unpaired) electrons. The van der Waals surface area contributed by atoms with E-state index in [9.17, 15) is 8.78 Å². The summed E-state index contributed by atoms with van der Waals surface area (Å²) in [5.41, 5.74) is 0.912. The third-order valence-corrected chi connectivity index (χ3v) is 2.86. The molecule has 0 unspecified atom stereocenters. The summed E-state index contributed by atoms with van der Waals surface area (Å²) in [6, 6.07) is 3.75. The number of hydrogen-bond acceptors (Lipinski definition) is 3. The fraction of sp³-hybridized carbons (Fsp3) is 0.545. The van der Waals surface area contributed by atoms with Crippen LogP contribution in [0.4, 0.5) is 20.3 Å². The molecule has 3 nitrogen and oxygen atoms in total. The summed E-state index contributed by atoms with van der Waals surface area (Å²) >= 11 is 0. The molecule has 0 aromatic carbocycles. The average molecular weight is 227 g/mol. The van der Waals surface area contributed by atoms with E-state index in [1.165, 1.54) is 0 Å². The maximum atomic E-state index is 13.0. The molecule has 1 N–H and O–H groups in total. The number of piperidine rings is 1. The molecule has 16 heavy (non-hydrogen) atoms. The SMILES string of the molecule is CNc1ccc(N2CCC(F)(F)CC2)cn1. The second-order valence-corrected chi connectivity index (χ2v) is 3.99. The minimum Gasteiger partial charge on any atom is -0.373 e. The normalized spacial score (nSPS) is 19.6. The smallest absolute Gasteiger partial charge is 0.251 e. The van der Waals surface area contributed by atoms with Crippen LogP contribution in [0.2, 0.25) is 0 Å². The van der Waals surface area contributed by atoms with E-state index in [1.807, 2.05) is 17.0 Å².